The van der Waals surface area contributed by atoms with Crippen LogP contribution in [0.25, 0.3) is 10.2 Å². The van der Waals surface area contributed by atoms with Crippen LogP contribution in [-0.4, -0.2) is 35.2 Å². The predicted octanol–water partition coefficient (Wildman–Crippen LogP) is 2.09. The molecule has 0 N–H and O–H groups in total. The minimum Gasteiger partial charge on any atom is -0.345 e. The van der Waals surface area contributed by atoms with Crippen molar-refractivity contribution in [1.82, 2.24) is 9.88 Å². The first-order valence-corrected chi connectivity index (χ1v) is 7.57. The lowest BCUT2D eigenvalue weighted by Crippen LogP contribution is -2.30. The Morgan fingerprint density at radius 2 is 2.36 bits per heavy atom. The van der Waals surface area contributed by atoms with Gasteiger partial charge in [0, 0.05) is 19.7 Å². The van der Waals surface area contributed by atoms with Gasteiger partial charge in [0.15, 0.2) is 11.7 Å². The molecule has 0 spiro atoms. The van der Waals surface area contributed by atoms with Crippen LogP contribution < -0.4 is 0 Å². The summed E-state index contributed by atoms with van der Waals surface area (Å²) in [7, 11) is 1.64. The molecule has 1 fully saturated rings. The molecule has 1 aliphatic rings. The number of Topliss-reactive ketones (excluding diaryl/α,β-unsaturated/α-hetero) is 1. The number of likely N-dealkylation sites (tertiary alicyclic amines) is 1. The third-order valence-electron chi connectivity index (χ3n) is 3.80. The maximum Gasteiger partial charge on any atom is 0.233 e. The van der Waals surface area contributed by atoms with Crippen LogP contribution in [0.15, 0.2) is 18.2 Å². The van der Waals surface area contributed by atoms with E-state index in [0.717, 1.165) is 0 Å². The summed E-state index contributed by atoms with van der Waals surface area (Å²) in [4.78, 5) is 30.1. The highest BCUT2D eigenvalue weighted by atomic mass is 32.1. The summed E-state index contributed by atoms with van der Waals surface area (Å²) < 4.78 is 13.9. The molecular weight excluding hydrogens is 305 g/mol. The topological polar surface area (TPSA) is 74.1 Å². The fraction of sp³-hybridized carbons (Fsp3) is 0.333. The molecule has 2 heterocycles. The van der Waals surface area contributed by atoms with Crippen LogP contribution in [0.3, 0.4) is 0 Å². The minimum atomic E-state index is -1.08. The highest BCUT2D eigenvalue weighted by molar-refractivity contribution is 7.18. The van der Waals surface area contributed by atoms with Crippen molar-refractivity contribution in [1.29, 1.82) is 5.26 Å². The maximum absolute atomic E-state index is 13.2. The molecule has 112 valence electrons. The second-order valence-corrected chi connectivity index (χ2v) is 6.29. The van der Waals surface area contributed by atoms with Gasteiger partial charge in [0.05, 0.1) is 16.3 Å². The Morgan fingerprint density at radius 3 is 3.00 bits per heavy atom. The summed E-state index contributed by atoms with van der Waals surface area (Å²) in [5.74, 6) is -2.95. The van der Waals surface area contributed by atoms with E-state index in [4.69, 9.17) is 0 Å². The number of carbonyl (C=O) groups is 2. The standard InChI is InChI=1S/C15H12FN3O2S/c1-19-5-4-9(15(19)21)13(20)10(7-17)14-18-11-6-8(16)2-3-12(11)22-14/h2-3,6,9-10H,4-5H2,1H3/t9-,10-/m0/s1. The first kappa shape index (κ1) is 14.6. The van der Waals surface area contributed by atoms with E-state index in [1.165, 1.54) is 28.4 Å². The molecule has 0 saturated carbocycles. The normalized spacial score (nSPS) is 19.4. The van der Waals surface area contributed by atoms with Gasteiger partial charge < -0.3 is 4.90 Å². The summed E-state index contributed by atoms with van der Waals surface area (Å²) in [5.41, 5.74) is 0.419. The van der Waals surface area contributed by atoms with E-state index >= 15 is 0 Å². The summed E-state index contributed by atoms with van der Waals surface area (Å²) in [5, 5.41) is 9.65. The summed E-state index contributed by atoms with van der Waals surface area (Å²) >= 11 is 1.18. The Hall–Kier alpha value is -2.33. The van der Waals surface area contributed by atoms with Crippen molar-refractivity contribution in [3.63, 3.8) is 0 Å². The van der Waals surface area contributed by atoms with Crippen molar-refractivity contribution in [2.24, 2.45) is 5.92 Å². The van der Waals surface area contributed by atoms with Crippen LogP contribution in [0.4, 0.5) is 4.39 Å². The first-order chi connectivity index (χ1) is 10.5. The van der Waals surface area contributed by atoms with E-state index in [1.807, 2.05) is 6.07 Å². The fourth-order valence-electron chi connectivity index (χ4n) is 2.57. The minimum absolute atomic E-state index is 0.252. The van der Waals surface area contributed by atoms with Crippen molar-refractivity contribution in [3.8, 4) is 6.07 Å². The average molecular weight is 317 g/mol. The SMILES string of the molecule is CN1CC[C@@H](C(=O)[C@H](C#N)c2nc3cc(F)ccc3s2)C1=O. The quantitative estimate of drug-likeness (QED) is 0.813. The molecule has 1 aromatic heterocycles. The zero-order valence-electron chi connectivity index (χ0n) is 11.7. The van der Waals surface area contributed by atoms with E-state index < -0.39 is 23.4 Å². The number of thiazole rings is 1. The number of aromatic nitrogens is 1. The number of rotatable bonds is 3. The molecule has 3 rings (SSSR count). The molecule has 0 aliphatic carbocycles. The van der Waals surface area contributed by atoms with Gasteiger partial charge in [-0.15, -0.1) is 11.3 Å². The number of nitriles is 1. The highest BCUT2D eigenvalue weighted by Crippen LogP contribution is 2.32. The van der Waals surface area contributed by atoms with Crippen molar-refractivity contribution < 1.29 is 14.0 Å². The summed E-state index contributed by atoms with van der Waals surface area (Å²) in [6, 6.07) is 6.08. The number of fused-ring (bicyclic) bond motifs is 1. The number of halogens is 1. The van der Waals surface area contributed by atoms with Gasteiger partial charge in [0.1, 0.15) is 16.7 Å². The fourth-order valence-corrected chi connectivity index (χ4v) is 3.57. The van der Waals surface area contributed by atoms with Crippen LogP contribution in [0.2, 0.25) is 0 Å². The number of amides is 1. The van der Waals surface area contributed by atoms with Crippen LogP contribution in [0, 0.1) is 23.1 Å². The number of hydrogen-bond acceptors (Lipinski definition) is 5. The van der Waals surface area contributed by atoms with E-state index in [2.05, 4.69) is 4.98 Å². The number of benzene rings is 1. The van der Waals surface area contributed by atoms with Gasteiger partial charge >= 0.3 is 0 Å². The molecule has 5 nitrogen and oxygen atoms in total. The van der Waals surface area contributed by atoms with Gasteiger partial charge in [-0.3, -0.25) is 9.59 Å². The van der Waals surface area contributed by atoms with E-state index in [9.17, 15) is 19.2 Å². The van der Waals surface area contributed by atoms with Crippen LogP contribution >= 0.6 is 11.3 Å². The van der Waals surface area contributed by atoms with Gasteiger partial charge in [-0.1, -0.05) is 0 Å². The molecule has 1 aromatic carbocycles. The zero-order valence-corrected chi connectivity index (χ0v) is 12.6. The molecule has 2 aromatic rings. The highest BCUT2D eigenvalue weighted by Gasteiger charge is 2.40. The number of hydrogen-bond donors (Lipinski definition) is 0. The molecular formula is C15H12FN3O2S. The van der Waals surface area contributed by atoms with Crippen molar-refractivity contribution in [2.75, 3.05) is 13.6 Å². The molecule has 1 saturated heterocycles. The smallest absolute Gasteiger partial charge is 0.233 e. The Balaban J connectivity index is 1.94. The van der Waals surface area contributed by atoms with Gasteiger partial charge in [0.2, 0.25) is 5.91 Å². The molecule has 0 radical (unpaired) electrons. The van der Waals surface area contributed by atoms with Crippen LogP contribution in [-0.2, 0) is 9.59 Å². The maximum atomic E-state index is 13.2. The third kappa shape index (κ3) is 2.35. The molecule has 1 aliphatic heterocycles. The molecule has 0 unspecified atom stereocenters. The lowest BCUT2D eigenvalue weighted by Gasteiger charge is -2.11. The Bertz CT molecular complexity index is 811. The van der Waals surface area contributed by atoms with Crippen molar-refractivity contribution in [2.45, 2.75) is 12.3 Å². The number of nitrogens with zero attached hydrogens (tertiary/aromatic N) is 3. The summed E-state index contributed by atoms with van der Waals surface area (Å²) in [6.45, 7) is 0.512. The monoisotopic (exact) mass is 317 g/mol. The zero-order chi connectivity index (χ0) is 15.9. The van der Waals surface area contributed by atoms with Crippen molar-refractivity contribution in [3.05, 3.63) is 29.0 Å². The van der Waals surface area contributed by atoms with Gasteiger partial charge in [-0.05, 0) is 18.6 Å². The molecule has 7 heteroatoms. The molecule has 22 heavy (non-hydrogen) atoms. The molecule has 2 atom stereocenters. The van der Waals surface area contributed by atoms with Crippen LogP contribution in [0.5, 0.6) is 0 Å². The Morgan fingerprint density at radius 1 is 1.59 bits per heavy atom. The summed E-state index contributed by atoms with van der Waals surface area (Å²) in [6.07, 6.45) is 0.422. The first-order valence-electron chi connectivity index (χ1n) is 6.75. The van der Waals surface area contributed by atoms with E-state index in [0.29, 0.717) is 28.2 Å². The lowest BCUT2D eigenvalue weighted by molar-refractivity contribution is -0.136. The predicted molar refractivity (Wildman–Crippen MR) is 78.7 cm³/mol. The van der Waals surface area contributed by atoms with E-state index in [-0.39, 0.29) is 5.91 Å². The molecule has 1 amide bonds. The second kappa shape index (κ2) is 5.46. The Labute approximate surface area is 130 Å². The van der Waals surface area contributed by atoms with Crippen LogP contribution in [0.1, 0.15) is 17.3 Å². The Kier molecular flexibility index (Phi) is 3.62. The van der Waals surface area contributed by atoms with E-state index in [1.54, 1.807) is 13.1 Å². The number of carbonyl (C=O) groups excluding carboxylic acids is 2. The van der Waals surface area contributed by atoms with Gasteiger partial charge in [-0.25, -0.2) is 9.37 Å². The van der Waals surface area contributed by atoms with Gasteiger partial charge in [0.25, 0.3) is 0 Å². The average Bonchev–Trinajstić information content (AvgIpc) is 3.04. The second-order valence-electron chi connectivity index (χ2n) is 5.23. The van der Waals surface area contributed by atoms with Crippen molar-refractivity contribution >= 4 is 33.2 Å². The largest absolute Gasteiger partial charge is 0.345 e. The third-order valence-corrected chi connectivity index (χ3v) is 4.90. The number of ketones is 1. The van der Waals surface area contributed by atoms with Gasteiger partial charge in [-0.2, -0.15) is 5.26 Å². The lowest BCUT2D eigenvalue weighted by atomic mass is 9.93. The molecule has 0 bridgehead atoms.